The summed E-state index contributed by atoms with van der Waals surface area (Å²) in [6.45, 7) is 13.7. The van der Waals surface area contributed by atoms with E-state index in [-0.39, 0.29) is 5.41 Å². The number of furan rings is 1. The maximum Gasteiger partial charge on any atom is 0.130 e. The van der Waals surface area contributed by atoms with Gasteiger partial charge in [-0.2, -0.15) is 0 Å². The zero-order valence-electron chi connectivity index (χ0n) is 22.1. The van der Waals surface area contributed by atoms with Crippen molar-refractivity contribution in [2.45, 2.75) is 66.2 Å². The summed E-state index contributed by atoms with van der Waals surface area (Å²) in [6, 6.07) is 20.1. The van der Waals surface area contributed by atoms with E-state index < -0.39 is 0 Å². The summed E-state index contributed by atoms with van der Waals surface area (Å²) in [5, 5.41) is 0. The molecule has 0 radical (unpaired) electrons. The third kappa shape index (κ3) is 4.61. The van der Waals surface area contributed by atoms with Crippen molar-refractivity contribution in [2.75, 3.05) is 0 Å². The highest BCUT2D eigenvalue weighted by molar-refractivity contribution is 5.95. The van der Waals surface area contributed by atoms with Crippen molar-refractivity contribution >= 4 is 11.6 Å². The molecule has 0 aliphatic heterocycles. The van der Waals surface area contributed by atoms with Crippen LogP contribution in [0.25, 0.3) is 22.8 Å². The van der Waals surface area contributed by atoms with Crippen LogP contribution in [-0.4, -0.2) is 0 Å². The lowest BCUT2D eigenvalue weighted by molar-refractivity contribution is 0.513. The number of benzene rings is 2. The van der Waals surface area contributed by atoms with Gasteiger partial charge in [-0.3, -0.25) is 0 Å². The van der Waals surface area contributed by atoms with Gasteiger partial charge in [0.25, 0.3) is 0 Å². The molecule has 2 aliphatic rings. The highest BCUT2D eigenvalue weighted by Crippen LogP contribution is 2.49. The molecule has 0 spiro atoms. The number of rotatable bonds is 6. The van der Waals surface area contributed by atoms with E-state index in [0.29, 0.717) is 17.8 Å². The van der Waals surface area contributed by atoms with Crippen molar-refractivity contribution in [3.63, 3.8) is 0 Å². The Labute approximate surface area is 211 Å². The molecule has 3 aromatic rings. The molecule has 5 rings (SSSR count). The van der Waals surface area contributed by atoms with E-state index in [4.69, 9.17) is 4.42 Å². The molecule has 1 aromatic heterocycles. The Kier molecular flexibility index (Phi) is 6.21. The maximum absolute atomic E-state index is 5.93. The second-order valence-corrected chi connectivity index (χ2v) is 11.7. The monoisotopic (exact) mass is 462 g/mol. The Morgan fingerprint density at radius 1 is 0.886 bits per heavy atom. The van der Waals surface area contributed by atoms with Crippen LogP contribution >= 0.6 is 0 Å². The summed E-state index contributed by atoms with van der Waals surface area (Å²) >= 11 is 0. The predicted molar refractivity (Wildman–Crippen MR) is 149 cm³/mol. The molecule has 0 saturated heterocycles. The van der Waals surface area contributed by atoms with Crippen LogP contribution in [0.3, 0.4) is 0 Å². The molecule has 0 N–H and O–H groups in total. The van der Waals surface area contributed by atoms with Gasteiger partial charge in [0.05, 0.1) is 6.26 Å². The quantitative estimate of drug-likeness (QED) is 0.355. The van der Waals surface area contributed by atoms with E-state index in [9.17, 15) is 0 Å². The SMILES string of the molecule is CC1=CC(C(C)(C)C)=CC1CCC1C(c2ccco2)=Cc2c(-c3ccc(C(C)C)cc3)cccc21. The fourth-order valence-corrected chi connectivity index (χ4v) is 5.64. The first kappa shape index (κ1) is 23.7. The smallest absolute Gasteiger partial charge is 0.130 e. The summed E-state index contributed by atoms with van der Waals surface area (Å²) in [6.07, 6.45) is 11.4. The van der Waals surface area contributed by atoms with Crippen molar-refractivity contribution in [2.24, 2.45) is 11.3 Å². The van der Waals surface area contributed by atoms with Gasteiger partial charge >= 0.3 is 0 Å². The average Bonchev–Trinajstić information content (AvgIpc) is 3.56. The summed E-state index contributed by atoms with van der Waals surface area (Å²) in [4.78, 5) is 0. The van der Waals surface area contributed by atoms with Crippen LogP contribution in [0.15, 0.2) is 88.6 Å². The van der Waals surface area contributed by atoms with Gasteiger partial charge in [-0.25, -0.2) is 0 Å². The van der Waals surface area contributed by atoms with Crippen molar-refractivity contribution in [3.8, 4) is 11.1 Å². The first-order valence-electron chi connectivity index (χ1n) is 13.1. The van der Waals surface area contributed by atoms with Crippen LogP contribution in [0.2, 0.25) is 0 Å². The molecule has 0 fully saturated rings. The molecule has 180 valence electrons. The molecular formula is C34H38O. The van der Waals surface area contributed by atoms with Crippen molar-refractivity contribution < 1.29 is 4.42 Å². The van der Waals surface area contributed by atoms with Crippen molar-refractivity contribution in [1.29, 1.82) is 0 Å². The summed E-state index contributed by atoms with van der Waals surface area (Å²) < 4.78 is 5.93. The van der Waals surface area contributed by atoms with E-state index in [1.165, 1.54) is 44.5 Å². The van der Waals surface area contributed by atoms with Gasteiger partial charge in [-0.05, 0) is 88.6 Å². The molecule has 2 aromatic carbocycles. The lowest BCUT2D eigenvalue weighted by Crippen LogP contribution is -2.06. The molecule has 0 bridgehead atoms. The standard InChI is InChI=1S/C34H38O/c1-22(2)24-12-14-25(15-13-24)28-9-7-10-29-30(32(21-31(28)29)33-11-8-18-35-33)17-16-26-20-27(19-23(26)3)34(4,5)6/h7-15,18-22,26,30H,16-17H2,1-6H3. The lowest BCUT2D eigenvalue weighted by atomic mass is 9.84. The third-order valence-corrected chi connectivity index (χ3v) is 7.87. The van der Waals surface area contributed by atoms with Gasteiger partial charge in [-0.15, -0.1) is 0 Å². The first-order chi connectivity index (χ1) is 16.7. The van der Waals surface area contributed by atoms with Gasteiger partial charge in [-0.1, -0.05) is 94.8 Å². The molecule has 35 heavy (non-hydrogen) atoms. The Morgan fingerprint density at radius 2 is 1.66 bits per heavy atom. The summed E-state index contributed by atoms with van der Waals surface area (Å²) in [5.41, 5.74) is 11.3. The van der Waals surface area contributed by atoms with E-state index in [1.807, 2.05) is 6.07 Å². The fraction of sp³-hybridized carbons (Fsp3) is 0.353. The molecule has 1 heteroatoms. The second-order valence-electron chi connectivity index (χ2n) is 11.7. The minimum Gasteiger partial charge on any atom is -0.465 e. The van der Waals surface area contributed by atoms with E-state index in [1.54, 1.807) is 6.26 Å². The topological polar surface area (TPSA) is 13.1 Å². The van der Waals surface area contributed by atoms with Gasteiger partial charge in [0.1, 0.15) is 5.76 Å². The van der Waals surface area contributed by atoms with Gasteiger partial charge in [0.2, 0.25) is 0 Å². The predicted octanol–water partition coefficient (Wildman–Crippen LogP) is 10.0. The van der Waals surface area contributed by atoms with Crippen LogP contribution < -0.4 is 0 Å². The van der Waals surface area contributed by atoms with Gasteiger partial charge in [0.15, 0.2) is 0 Å². The number of fused-ring (bicyclic) bond motifs is 1. The molecule has 0 saturated carbocycles. The lowest BCUT2D eigenvalue weighted by Gasteiger charge is -2.20. The number of hydrogen-bond donors (Lipinski definition) is 0. The normalized spacial score (nSPS) is 19.6. The highest BCUT2D eigenvalue weighted by Gasteiger charge is 2.31. The summed E-state index contributed by atoms with van der Waals surface area (Å²) in [5.74, 6) is 2.42. The van der Waals surface area contributed by atoms with Crippen LogP contribution in [0.4, 0.5) is 0 Å². The molecule has 1 nitrogen and oxygen atoms in total. The molecule has 2 atom stereocenters. The highest BCUT2D eigenvalue weighted by atomic mass is 16.3. The zero-order valence-corrected chi connectivity index (χ0v) is 22.1. The molecule has 0 amide bonds. The Morgan fingerprint density at radius 3 is 2.29 bits per heavy atom. The minimum absolute atomic E-state index is 0.204. The first-order valence-corrected chi connectivity index (χ1v) is 13.1. The van der Waals surface area contributed by atoms with Crippen LogP contribution in [-0.2, 0) is 0 Å². The fourth-order valence-electron chi connectivity index (χ4n) is 5.64. The minimum atomic E-state index is 0.204. The molecule has 2 unspecified atom stereocenters. The van der Waals surface area contributed by atoms with Gasteiger partial charge in [0, 0.05) is 11.5 Å². The average molecular weight is 463 g/mol. The van der Waals surface area contributed by atoms with E-state index in [2.05, 4.69) is 108 Å². The second kappa shape index (κ2) is 9.19. The maximum atomic E-state index is 5.93. The number of allylic oxidation sites excluding steroid dienone is 5. The number of hydrogen-bond acceptors (Lipinski definition) is 1. The Balaban J connectivity index is 1.48. The third-order valence-electron chi connectivity index (χ3n) is 7.87. The van der Waals surface area contributed by atoms with Crippen molar-refractivity contribution in [1.82, 2.24) is 0 Å². The van der Waals surface area contributed by atoms with Crippen LogP contribution in [0.1, 0.15) is 88.7 Å². The largest absolute Gasteiger partial charge is 0.465 e. The molecular weight excluding hydrogens is 424 g/mol. The summed E-state index contributed by atoms with van der Waals surface area (Å²) in [7, 11) is 0. The zero-order chi connectivity index (χ0) is 24.7. The van der Waals surface area contributed by atoms with Gasteiger partial charge < -0.3 is 4.42 Å². The van der Waals surface area contributed by atoms with Crippen molar-refractivity contribution in [3.05, 3.63) is 107 Å². The van der Waals surface area contributed by atoms with Crippen LogP contribution in [0.5, 0.6) is 0 Å². The Hall–Kier alpha value is -3.06. The van der Waals surface area contributed by atoms with Crippen LogP contribution in [0, 0.1) is 11.3 Å². The Bertz CT molecular complexity index is 1290. The van der Waals surface area contributed by atoms with E-state index in [0.717, 1.165) is 18.6 Å². The van der Waals surface area contributed by atoms with E-state index >= 15 is 0 Å². The molecule has 2 aliphatic carbocycles. The molecule has 1 heterocycles.